The second-order valence-corrected chi connectivity index (χ2v) is 10.7. The number of tetrazole rings is 1. The van der Waals surface area contributed by atoms with Gasteiger partial charge in [-0.15, -0.1) is 5.10 Å². The van der Waals surface area contributed by atoms with E-state index >= 15 is 0 Å². The maximum atomic E-state index is 13.3. The molecule has 0 amide bonds. The summed E-state index contributed by atoms with van der Waals surface area (Å²) in [6, 6.07) is 13.2. The summed E-state index contributed by atoms with van der Waals surface area (Å²) in [5, 5.41) is 12.1. The molecule has 1 saturated heterocycles. The number of rotatable bonds is 7. The van der Waals surface area contributed by atoms with Gasteiger partial charge >= 0.3 is 0 Å². The zero-order valence-corrected chi connectivity index (χ0v) is 19.9. The van der Waals surface area contributed by atoms with Crippen LogP contribution in [0.2, 0.25) is 0 Å². The quantitative estimate of drug-likeness (QED) is 0.522. The molecule has 33 heavy (non-hydrogen) atoms. The highest BCUT2D eigenvalue weighted by Gasteiger charge is 2.32. The van der Waals surface area contributed by atoms with Gasteiger partial charge in [-0.3, -0.25) is 4.90 Å². The smallest absolute Gasteiger partial charge is 0.198 e. The lowest BCUT2D eigenvalue weighted by Crippen LogP contribution is -2.49. The maximum Gasteiger partial charge on any atom is 0.198 e. The third-order valence-electron chi connectivity index (χ3n) is 6.03. The fourth-order valence-electron chi connectivity index (χ4n) is 4.29. The number of hydrogen-bond acceptors (Lipinski definition) is 7. The van der Waals surface area contributed by atoms with Gasteiger partial charge in [-0.25, -0.2) is 17.5 Å². The van der Waals surface area contributed by atoms with Crippen molar-refractivity contribution in [3.05, 3.63) is 65.7 Å². The van der Waals surface area contributed by atoms with Crippen LogP contribution >= 0.6 is 0 Å². The Labute approximate surface area is 193 Å². The van der Waals surface area contributed by atoms with Crippen LogP contribution in [0.4, 0.5) is 10.1 Å². The molecule has 4 rings (SSSR count). The van der Waals surface area contributed by atoms with Crippen molar-refractivity contribution in [1.29, 1.82) is 0 Å². The molecule has 0 saturated carbocycles. The van der Waals surface area contributed by atoms with Gasteiger partial charge in [-0.1, -0.05) is 31.5 Å². The Morgan fingerprint density at radius 2 is 1.61 bits per heavy atom. The SMILES string of the molecule is Cc1ccc(S(=O)(=O)Cn2nnnc2C(C(C)C)N2CCN(c3ccc(F)cc3)CC2)cc1. The molecule has 10 heteroatoms. The van der Waals surface area contributed by atoms with Crippen LogP contribution in [0, 0.1) is 18.7 Å². The molecule has 176 valence electrons. The molecule has 1 fully saturated rings. The molecule has 0 bridgehead atoms. The van der Waals surface area contributed by atoms with Crippen molar-refractivity contribution in [3.8, 4) is 0 Å². The fourth-order valence-corrected chi connectivity index (χ4v) is 5.50. The van der Waals surface area contributed by atoms with Crippen molar-refractivity contribution in [2.75, 3.05) is 31.1 Å². The van der Waals surface area contributed by atoms with Crippen LogP contribution in [0.5, 0.6) is 0 Å². The van der Waals surface area contributed by atoms with E-state index < -0.39 is 9.84 Å². The zero-order valence-electron chi connectivity index (χ0n) is 19.1. The highest BCUT2D eigenvalue weighted by molar-refractivity contribution is 7.90. The van der Waals surface area contributed by atoms with Gasteiger partial charge in [0.2, 0.25) is 0 Å². The highest BCUT2D eigenvalue weighted by atomic mass is 32.2. The summed E-state index contributed by atoms with van der Waals surface area (Å²) < 4.78 is 40.7. The van der Waals surface area contributed by atoms with E-state index in [9.17, 15) is 12.8 Å². The van der Waals surface area contributed by atoms with Gasteiger partial charge in [0, 0.05) is 31.9 Å². The Hall–Kier alpha value is -2.85. The number of sulfone groups is 1. The number of anilines is 1. The third-order valence-corrected chi connectivity index (χ3v) is 7.60. The summed E-state index contributed by atoms with van der Waals surface area (Å²) in [6.07, 6.45) is 0. The Morgan fingerprint density at radius 1 is 0.970 bits per heavy atom. The second-order valence-electron chi connectivity index (χ2n) is 8.78. The molecule has 0 aliphatic carbocycles. The van der Waals surface area contributed by atoms with Crippen LogP contribution in [-0.4, -0.2) is 59.7 Å². The van der Waals surface area contributed by atoms with Crippen LogP contribution in [-0.2, 0) is 15.7 Å². The first-order valence-corrected chi connectivity index (χ1v) is 12.7. The average molecular weight is 473 g/mol. The average Bonchev–Trinajstić information content (AvgIpc) is 3.22. The number of nitrogens with zero attached hydrogens (tertiary/aromatic N) is 6. The molecule has 0 radical (unpaired) electrons. The minimum absolute atomic E-state index is 0.122. The lowest BCUT2D eigenvalue weighted by molar-refractivity contribution is 0.135. The summed E-state index contributed by atoms with van der Waals surface area (Å²) in [7, 11) is -3.60. The van der Waals surface area contributed by atoms with Crippen LogP contribution in [0.3, 0.4) is 0 Å². The van der Waals surface area contributed by atoms with Crippen molar-refractivity contribution in [1.82, 2.24) is 25.1 Å². The number of aryl methyl sites for hydroxylation is 1. The van der Waals surface area contributed by atoms with E-state index in [4.69, 9.17) is 0 Å². The van der Waals surface area contributed by atoms with E-state index in [0.717, 1.165) is 37.4 Å². The van der Waals surface area contributed by atoms with E-state index in [1.54, 1.807) is 36.4 Å². The summed E-state index contributed by atoms with van der Waals surface area (Å²) in [5.41, 5.74) is 1.99. The number of aromatic nitrogens is 4. The lowest BCUT2D eigenvalue weighted by Gasteiger charge is -2.41. The molecule has 8 nitrogen and oxygen atoms in total. The molecule has 2 aromatic carbocycles. The molecule has 3 aromatic rings. The van der Waals surface area contributed by atoms with Crippen molar-refractivity contribution in [2.45, 2.75) is 37.6 Å². The zero-order chi connectivity index (χ0) is 23.6. The van der Waals surface area contributed by atoms with Gasteiger partial charge in [0.05, 0.1) is 10.9 Å². The Bertz CT molecular complexity index is 1170. The summed E-state index contributed by atoms with van der Waals surface area (Å²) in [4.78, 5) is 4.77. The van der Waals surface area contributed by atoms with Gasteiger partial charge in [0.15, 0.2) is 21.5 Å². The normalized spacial score (nSPS) is 16.3. The first-order chi connectivity index (χ1) is 15.7. The minimum Gasteiger partial charge on any atom is -0.369 e. The topological polar surface area (TPSA) is 84.2 Å². The standard InChI is InChI=1S/C23H29FN6O2S/c1-17(2)22(29-14-12-28(13-15-29)20-8-6-19(24)7-9-20)23-25-26-27-30(23)16-33(31,32)21-10-4-18(3)5-11-21/h4-11,17,22H,12-16H2,1-3H3. The number of benzene rings is 2. The fraction of sp³-hybridized carbons (Fsp3) is 0.435. The Morgan fingerprint density at radius 3 is 2.21 bits per heavy atom. The summed E-state index contributed by atoms with van der Waals surface area (Å²) in [6.45, 7) is 9.17. The first-order valence-electron chi connectivity index (χ1n) is 11.0. The van der Waals surface area contributed by atoms with Gasteiger partial charge < -0.3 is 4.90 Å². The Kier molecular flexibility index (Phi) is 6.76. The maximum absolute atomic E-state index is 13.3. The lowest BCUT2D eigenvalue weighted by atomic mass is 10.0. The number of halogens is 1. The van der Waals surface area contributed by atoms with E-state index in [1.807, 2.05) is 6.92 Å². The molecule has 1 aliphatic rings. The molecule has 1 aromatic heterocycles. The Balaban J connectivity index is 1.51. The van der Waals surface area contributed by atoms with Gasteiger partial charge in [0.25, 0.3) is 0 Å². The van der Waals surface area contributed by atoms with Crippen LogP contribution in [0.25, 0.3) is 0 Å². The molecular formula is C23H29FN6O2S. The van der Waals surface area contributed by atoms with E-state index in [-0.39, 0.29) is 28.5 Å². The van der Waals surface area contributed by atoms with Crippen molar-refractivity contribution in [2.24, 2.45) is 5.92 Å². The van der Waals surface area contributed by atoms with Gasteiger partial charge in [0.1, 0.15) is 5.82 Å². The van der Waals surface area contributed by atoms with Crippen molar-refractivity contribution < 1.29 is 12.8 Å². The van der Waals surface area contributed by atoms with Gasteiger partial charge in [-0.2, -0.15) is 0 Å². The van der Waals surface area contributed by atoms with Crippen LogP contribution in [0.1, 0.15) is 31.3 Å². The summed E-state index contributed by atoms with van der Waals surface area (Å²) >= 11 is 0. The van der Waals surface area contributed by atoms with Crippen LogP contribution < -0.4 is 4.90 Å². The predicted octanol–water partition coefficient (Wildman–Crippen LogP) is 3.07. The van der Waals surface area contributed by atoms with E-state index in [1.165, 1.54) is 16.8 Å². The molecule has 1 unspecified atom stereocenters. The minimum atomic E-state index is -3.60. The van der Waals surface area contributed by atoms with Crippen molar-refractivity contribution in [3.63, 3.8) is 0 Å². The third kappa shape index (κ3) is 5.22. The predicted molar refractivity (Wildman–Crippen MR) is 124 cm³/mol. The molecule has 0 N–H and O–H groups in total. The molecule has 0 spiro atoms. The monoisotopic (exact) mass is 472 g/mol. The summed E-state index contributed by atoms with van der Waals surface area (Å²) in [5.74, 6) is 0.173. The molecule has 2 heterocycles. The number of hydrogen-bond donors (Lipinski definition) is 0. The van der Waals surface area contributed by atoms with E-state index in [0.29, 0.717) is 5.82 Å². The van der Waals surface area contributed by atoms with Crippen LogP contribution in [0.15, 0.2) is 53.4 Å². The van der Waals surface area contributed by atoms with E-state index in [2.05, 4.69) is 39.2 Å². The molecule has 1 atom stereocenters. The number of piperazine rings is 1. The highest BCUT2D eigenvalue weighted by Crippen LogP contribution is 2.29. The first kappa shape index (κ1) is 23.3. The van der Waals surface area contributed by atoms with Gasteiger partial charge in [-0.05, 0) is 59.7 Å². The largest absolute Gasteiger partial charge is 0.369 e. The van der Waals surface area contributed by atoms with Crippen molar-refractivity contribution >= 4 is 15.5 Å². The molecular weight excluding hydrogens is 443 g/mol. The second kappa shape index (κ2) is 9.56. The molecule has 1 aliphatic heterocycles.